The smallest absolute Gasteiger partial charge is 0.246 e. The van der Waals surface area contributed by atoms with Crippen molar-refractivity contribution >= 4 is 34.0 Å². The van der Waals surface area contributed by atoms with Gasteiger partial charge in [-0.05, 0) is 37.3 Å². The molecule has 1 heterocycles. The van der Waals surface area contributed by atoms with E-state index in [1.807, 2.05) is 6.07 Å². The standard InChI is InChI=1S/C17H16N4O2/c1-11(22)12-3-2-4-15(7-12)20-17(23)10-21-16-8-14(18)6-5-13(16)9-19-21/h2-9H,10,18H2,1H3,(H,20,23). The lowest BCUT2D eigenvalue weighted by Gasteiger charge is -2.07. The second kappa shape index (κ2) is 5.92. The molecule has 0 bridgehead atoms. The van der Waals surface area contributed by atoms with E-state index >= 15 is 0 Å². The summed E-state index contributed by atoms with van der Waals surface area (Å²) in [6.07, 6.45) is 1.69. The minimum absolute atomic E-state index is 0.0466. The minimum atomic E-state index is -0.224. The van der Waals surface area contributed by atoms with E-state index in [0.717, 1.165) is 10.9 Å². The zero-order chi connectivity index (χ0) is 16.4. The Morgan fingerprint density at radius 3 is 2.83 bits per heavy atom. The third-order valence-corrected chi connectivity index (χ3v) is 3.52. The lowest BCUT2D eigenvalue weighted by atomic mass is 10.1. The fourth-order valence-electron chi connectivity index (χ4n) is 2.37. The lowest BCUT2D eigenvalue weighted by Crippen LogP contribution is -2.19. The molecule has 0 saturated heterocycles. The van der Waals surface area contributed by atoms with Crippen molar-refractivity contribution in [3.63, 3.8) is 0 Å². The molecule has 0 aliphatic heterocycles. The molecule has 6 heteroatoms. The number of ketones is 1. The minimum Gasteiger partial charge on any atom is -0.399 e. The number of Topliss-reactive ketones (excluding diaryl/α,β-unsaturated/α-hetero) is 1. The topological polar surface area (TPSA) is 90.0 Å². The van der Waals surface area contributed by atoms with Gasteiger partial charge in [0.05, 0.1) is 11.7 Å². The van der Waals surface area contributed by atoms with Crippen LogP contribution in [-0.2, 0) is 11.3 Å². The summed E-state index contributed by atoms with van der Waals surface area (Å²) >= 11 is 0. The molecule has 3 aromatic rings. The molecule has 116 valence electrons. The fourth-order valence-corrected chi connectivity index (χ4v) is 2.37. The summed E-state index contributed by atoms with van der Waals surface area (Å²) in [5.41, 5.74) is 8.34. The van der Waals surface area contributed by atoms with E-state index in [2.05, 4.69) is 10.4 Å². The number of aromatic nitrogens is 2. The van der Waals surface area contributed by atoms with E-state index in [1.54, 1.807) is 47.3 Å². The second-order valence-electron chi connectivity index (χ2n) is 5.31. The molecule has 0 aliphatic carbocycles. The average molecular weight is 308 g/mol. The molecule has 3 rings (SSSR count). The van der Waals surface area contributed by atoms with Crippen LogP contribution < -0.4 is 11.1 Å². The first kappa shape index (κ1) is 14.8. The summed E-state index contributed by atoms with van der Waals surface area (Å²) < 4.78 is 1.59. The molecule has 0 atom stereocenters. The number of anilines is 2. The first-order valence-corrected chi connectivity index (χ1v) is 7.15. The molecular formula is C17H16N4O2. The van der Waals surface area contributed by atoms with Gasteiger partial charge in [0.25, 0.3) is 0 Å². The number of nitrogen functional groups attached to an aromatic ring is 1. The largest absolute Gasteiger partial charge is 0.399 e. The molecule has 1 amide bonds. The number of hydrogen-bond acceptors (Lipinski definition) is 4. The predicted octanol–water partition coefficient (Wildman–Crippen LogP) is 2.46. The van der Waals surface area contributed by atoms with Gasteiger partial charge >= 0.3 is 0 Å². The Hall–Kier alpha value is -3.15. The van der Waals surface area contributed by atoms with E-state index in [4.69, 9.17) is 5.73 Å². The maximum absolute atomic E-state index is 12.2. The molecule has 0 unspecified atom stereocenters. The highest BCUT2D eigenvalue weighted by Gasteiger charge is 2.09. The van der Waals surface area contributed by atoms with Crippen molar-refractivity contribution in [2.75, 3.05) is 11.1 Å². The summed E-state index contributed by atoms with van der Waals surface area (Å²) in [4.78, 5) is 23.6. The number of benzene rings is 2. The molecule has 0 spiro atoms. The molecule has 2 aromatic carbocycles. The Morgan fingerprint density at radius 2 is 2.04 bits per heavy atom. The van der Waals surface area contributed by atoms with E-state index < -0.39 is 0 Å². The van der Waals surface area contributed by atoms with Gasteiger partial charge in [-0.3, -0.25) is 14.3 Å². The number of hydrogen-bond donors (Lipinski definition) is 2. The zero-order valence-electron chi connectivity index (χ0n) is 12.6. The van der Waals surface area contributed by atoms with Crippen molar-refractivity contribution in [3.8, 4) is 0 Å². The number of amides is 1. The third-order valence-electron chi connectivity index (χ3n) is 3.52. The van der Waals surface area contributed by atoms with Crippen LogP contribution in [0.15, 0.2) is 48.7 Å². The van der Waals surface area contributed by atoms with Crippen LogP contribution in [0, 0.1) is 0 Å². The van der Waals surface area contributed by atoms with Crippen LogP contribution >= 0.6 is 0 Å². The van der Waals surface area contributed by atoms with Crippen LogP contribution in [-0.4, -0.2) is 21.5 Å². The Morgan fingerprint density at radius 1 is 1.22 bits per heavy atom. The Kier molecular flexibility index (Phi) is 3.80. The first-order chi connectivity index (χ1) is 11.0. The average Bonchev–Trinajstić information content (AvgIpc) is 2.89. The Labute approximate surface area is 132 Å². The number of carbonyl (C=O) groups excluding carboxylic acids is 2. The molecule has 23 heavy (non-hydrogen) atoms. The van der Waals surface area contributed by atoms with Crippen molar-refractivity contribution in [2.45, 2.75) is 13.5 Å². The van der Waals surface area contributed by atoms with Crippen LogP contribution in [0.25, 0.3) is 10.9 Å². The lowest BCUT2D eigenvalue weighted by molar-refractivity contribution is -0.116. The molecule has 1 aromatic heterocycles. The molecule has 0 radical (unpaired) electrons. The van der Waals surface area contributed by atoms with Gasteiger partial charge in [-0.25, -0.2) is 0 Å². The molecule has 0 fully saturated rings. The quantitative estimate of drug-likeness (QED) is 0.572. The van der Waals surface area contributed by atoms with Crippen molar-refractivity contribution in [3.05, 3.63) is 54.2 Å². The van der Waals surface area contributed by atoms with Gasteiger partial charge in [0.15, 0.2) is 5.78 Å². The summed E-state index contributed by atoms with van der Waals surface area (Å²) in [5.74, 6) is -0.271. The highest BCUT2D eigenvalue weighted by Crippen LogP contribution is 2.17. The summed E-state index contributed by atoms with van der Waals surface area (Å²) in [6, 6.07) is 12.3. The zero-order valence-corrected chi connectivity index (χ0v) is 12.6. The van der Waals surface area contributed by atoms with Crippen LogP contribution in [0.4, 0.5) is 11.4 Å². The van der Waals surface area contributed by atoms with Crippen LogP contribution in [0.3, 0.4) is 0 Å². The highest BCUT2D eigenvalue weighted by atomic mass is 16.2. The maximum atomic E-state index is 12.2. The third kappa shape index (κ3) is 3.21. The predicted molar refractivity (Wildman–Crippen MR) is 89.2 cm³/mol. The number of carbonyl (C=O) groups is 2. The van der Waals surface area contributed by atoms with E-state index in [9.17, 15) is 9.59 Å². The molecule has 0 saturated carbocycles. The molecule has 6 nitrogen and oxygen atoms in total. The Bertz CT molecular complexity index is 898. The second-order valence-corrected chi connectivity index (χ2v) is 5.31. The van der Waals surface area contributed by atoms with Gasteiger partial charge in [-0.2, -0.15) is 5.10 Å². The van der Waals surface area contributed by atoms with Crippen molar-refractivity contribution in [1.82, 2.24) is 9.78 Å². The van der Waals surface area contributed by atoms with Crippen molar-refractivity contribution in [1.29, 1.82) is 0 Å². The number of nitrogens with zero attached hydrogens (tertiary/aromatic N) is 2. The van der Waals surface area contributed by atoms with Gasteiger partial charge in [0.2, 0.25) is 5.91 Å². The van der Waals surface area contributed by atoms with Crippen LogP contribution in [0.1, 0.15) is 17.3 Å². The Balaban J connectivity index is 1.77. The van der Waals surface area contributed by atoms with Crippen molar-refractivity contribution in [2.24, 2.45) is 0 Å². The van der Waals surface area contributed by atoms with Crippen LogP contribution in [0.5, 0.6) is 0 Å². The SMILES string of the molecule is CC(=O)c1cccc(NC(=O)Cn2ncc3ccc(N)cc32)c1. The highest BCUT2D eigenvalue weighted by molar-refractivity contribution is 5.97. The fraction of sp³-hybridized carbons (Fsp3) is 0.118. The van der Waals surface area contributed by atoms with Gasteiger partial charge in [0.1, 0.15) is 6.54 Å². The van der Waals surface area contributed by atoms with Crippen molar-refractivity contribution < 1.29 is 9.59 Å². The van der Waals surface area contributed by atoms with E-state index in [1.165, 1.54) is 6.92 Å². The van der Waals surface area contributed by atoms with E-state index in [-0.39, 0.29) is 18.2 Å². The van der Waals surface area contributed by atoms with E-state index in [0.29, 0.717) is 16.9 Å². The van der Waals surface area contributed by atoms with Gasteiger partial charge < -0.3 is 11.1 Å². The van der Waals surface area contributed by atoms with Crippen LogP contribution in [0.2, 0.25) is 0 Å². The normalized spacial score (nSPS) is 10.7. The van der Waals surface area contributed by atoms with Gasteiger partial charge in [0, 0.05) is 22.3 Å². The molecule has 3 N–H and O–H groups in total. The summed E-state index contributed by atoms with van der Waals surface area (Å²) in [7, 11) is 0. The number of nitrogens with one attached hydrogen (secondary N) is 1. The number of nitrogens with two attached hydrogens (primary N) is 1. The molecule has 0 aliphatic rings. The van der Waals surface area contributed by atoms with Gasteiger partial charge in [-0.1, -0.05) is 12.1 Å². The molecular weight excluding hydrogens is 292 g/mol. The first-order valence-electron chi connectivity index (χ1n) is 7.15. The number of rotatable bonds is 4. The summed E-state index contributed by atoms with van der Waals surface area (Å²) in [6.45, 7) is 1.55. The maximum Gasteiger partial charge on any atom is 0.246 e. The number of fused-ring (bicyclic) bond motifs is 1. The van der Waals surface area contributed by atoms with Gasteiger partial charge in [-0.15, -0.1) is 0 Å². The monoisotopic (exact) mass is 308 g/mol. The summed E-state index contributed by atoms with van der Waals surface area (Å²) in [5, 5.41) is 7.90.